The quantitative estimate of drug-likeness (QED) is 0.921. The highest BCUT2D eigenvalue weighted by molar-refractivity contribution is 9.10. The molecular formula is C11H15BrN2O2S. The first kappa shape index (κ1) is 13.0. The van der Waals surface area contributed by atoms with Crippen molar-refractivity contribution in [3.63, 3.8) is 0 Å². The summed E-state index contributed by atoms with van der Waals surface area (Å²) in [7, 11) is -3.31. The third kappa shape index (κ3) is 3.28. The van der Waals surface area contributed by atoms with Crippen LogP contribution in [0.25, 0.3) is 0 Å². The fourth-order valence-electron chi connectivity index (χ4n) is 1.83. The predicted molar refractivity (Wildman–Crippen MR) is 70.7 cm³/mol. The van der Waals surface area contributed by atoms with Crippen molar-refractivity contribution >= 4 is 26.1 Å². The Labute approximate surface area is 110 Å². The molecule has 0 aliphatic carbocycles. The molecule has 0 bridgehead atoms. The molecule has 0 amide bonds. The van der Waals surface area contributed by atoms with Gasteiger partial charge in [0.2, 0.25) is 0 Å². The normalized spacial score (nSPS) is 17.5. The van der Waals surface area contributed by atoms with Crippen molar-refractivity contribution in [2.24, 2.45) is 0 Å². The van der Waals surface area contributed by atoms with Crippen LogP contribution in [0.15, 0.2) is 28.7 Å². The number of nitrogens with one attached hydrogen (secondary N) is 1. The molecule has 94 valence electrons. The molecule has 0 atom stereocenters. The topological polar surface area (TPSA) is 49.4 Å². The van der Waals surface area contributed by atoms with E-state index >= 15 is 0 Å². The summed E-state index contributed by atoms with van der Waals surface area (Å²) in [5, 5.41) is 0. The molecule has 0 radical (unpaired) electrons. The van der Waals surface area contributed by atoms with Gasteiger partial charge in [-0.05, 0) is 24.5 Å². The lowest BCUT2D eigenvalue weighted by Gasteiger charge is -2.16. The van der Waals surface area contributed by atoms with E-state index in [2.05, 4.69) is 20.7 Å². The molecular weight excluding hydrogens is 304 g/mol. The zero-order valence-electron chi connectivity index (χ0n) is 9.39. The van der Waals surface area contributed by atoms with Gasteiger partial charge >= 0.3 is 0 Å². The van der Waals surface area contributed by atoms with Crippen molar-refractivity contribution in [2.75, 3.05) is 13.1 Å². The van der Waals surface area contributed by atoms with E-state index in [-0.39, 0.29) is 0 Å². The largest absolute Gasteiger partial charge is 0.279 e. The molecule has 1 aromatic rings. The maximum absolute atomic E-state index is 11.9. The number of halogens is 1. The van der Waals surface area contributed by atoms with E-state index in [1.807, 2.05) is 24.3 Å². The molecule has 1 saturated heterocycles. The average Bonchev–Trinajstić information content (AvgIpc) is 2.82. The van der Waals surface area contributed by atoms with Gasteiger partial charge in [-0.3, -0.25) is 0 Å². The van der Waals surface area contributed by atoms with Gasteiger partial charge in [0.15, 0.2) is 0 Å². The third-order valence-corrected chi connectivity index (χ3v) is 5.14. The van der Waals surface area contributed by atoms with Crippen LogP contribution in [0.1, 0.15) is 18.4 Å². The van der Waals surface area contributed by atoms with Crippen molar-refractivity contribution in [2.45, 2.75) is 19.4 Å². The number of rotatable bonds is 4. The molecule has 0 spiro atoms. The van der Waals surface area contributed by atoms with Crippen LogP contribution in [0.3, 0.4) is 0 Å². The summed E-state index contributed by atoms with van der Waals surface area (Å²) >= 11 is 3.40. The first-order valence-corrected chi connectivity index (χ1v) is 7.81. The zero-order valence-corrected chi connectivity index (χ0v) is 11.8. The summed E-state index contributed by atoms with van der Waals surface area (Å²) in [6.07, 6.45) is 1.91. The molecule has 0 saturated carbocycles. The standard InChI is InChI=1S/C11H15BrN2O2S/c12-11-6-2-1-5-10(11)9-13-17(15,16)14-7-3-4-8-14/h1-2,5-6,13H,3-4,7-9H2. The molecule has 17 heavy (non-hydrogen) atoms. The highest BCUT2D eigenvalue weighted by Crippen LogP contribution is 2.17. The Morgan fingerprint density at radius 2 is 1.88 bits per heavy atom. The smallest absolute Gasteiger partial charge is 0.198 e. The van der Waals surface area contributed by atoms with E-state index in [1.165, 1.54) is 4.31 Å². The van der Waals surface area contributed by atoms with Crippen LogP contribution in [0, 0.1) is 0 Å². The number of benzene rings is 1. The predicted octanol–water partition coefficient (Wildman–Crippen LogP) is 1.88. The number of nitrogens with zero attached hydrogens (tertiary/aromatic N) is 1. The van der Waals surface area contributed by atoms with Crippen LogP contribution in [-0.2, 0) is 16.8 Å². The van der Waals surface area contributed by atoms with E-state index in [4.69, 9.17) is 0 Å². The number of hydrogen-bond donors (Lipinski definition) is 1. The van der Waals surface area contributed by atoms with Gasteiger partial charge in [0.25, 0.3) is 10.2 Å². The van der Waals surface area contributed by atoms with E-state index in [9.17, 15) is 8.42 Å². The van der Waals surface area contributed by atoms with Gasteiger partial charge in [0, 0.05) is 24.1 Å². The summed E-state index contributed by atoms with van der Waals surface area (Å²) in [6, 6.07) is 7.60. The van der Waals surface area contributed by atoms with Crippen LogP contribution in [-0.4, -0.2) is 25.8 Å². The molecule has 1 aliphatic heterocycles. The van der Waals surface area contributed by atoms with Crippen molar-refractivity contribution < 1.29 is 8.42 Å². The summed E-state index contributed by atoms with van der Waals surface area (Å²) in [6.45, 7) is 1.58. The first-order valence-electron chi connectivity index (χ1n) is 5.58. The molecule has 0 aromatic heterocycles. The monoisotopic (exact) mass is 318 g/mol. The van der Waals surface area contributed by atoms with Gasteiger partial charge in [-0.2, -0.15) is 17.4 Å². The van der Waals surface area contributed by atoms with Gasteiger partial charge < -0.3 is 0 Å². The fraction of sp³-hybridized carbons (Fsp3) is 0.455. The lowest BCUT2D eigenvalue weighted by Crippen LogP contribution is -2.38. The number of hydrogen-bond acceptors (Lipinski definition) is 2. The Kier molecular flexibility index (Phi) is 4.19. The molecule has 0 unspecified atom stereocenters. The SMILES string of the molecule is O=S(=O)(NCc1ccccc1Br)N1CCCC1. The van der Waals surface area contributed by atoms with Crippen molar-refractivity contribution in [3.8, 4) is 0 Å². The molecule has 1 aliphatic rings. The van der Waals surface area contributed by atoms with E-state index in [1.54, 1.807) is 0 Å². The summed E-state index contributed by atoms with van der Waals surface area (Å²) in [4.78, 5) is 0. The Balaban J connectivity index is 2.00. The summed E-state index contributed by atoms with van der Waals surface area (Å²) in [5.41, 5.74) is 0.940. The molecule has 1 heterocycles. The van der Waals surface area contributed by atoms with Crippen molar-refractivity contribution in [1.82, 2.24) is 9.03 Å². The zero-order chi connectivity index (χ0) is 12.3. The Morgan fingerprint density at radius 1 is 1.24 bits per heavy atom. The van der Waals surface area contributed by atoms with Gasteiger partial charge in [-0.15, -0.1) is 0 Å². The van der Waals surface area contributed by atoms with E-state index in [0.29, 0.717) is 19.6 Å². The van der Waals surface area contributed by atoms with Gasteiger partial charge in [-0.25, -0.2) is 0 Å². The fourth-order valence-corrected chi connectivity index (χ4v) is 3.51. The summed E-state index contributed by atoms with van der Waals surface area (Å²) < 4.78 is 28.9. The molecule has 2 rings (SSSR count). The first-order chi connectivity index (χ1) is 8.09. The lowest BCUT2D eigenvalue weighted by atomic mass is 10.2. The van der Waals surface area contributed by atoms with Crippen LogP contribution < -0.4 is 4.72 Å². The second kappa shape index (κ2) is 5.48. The molecule has 6 heteroatoms. The Hall–Kier alpha value is -0.430. The second-order valence-electron chi connectivity index (χ2n) is 4.02. The minimum Gasteiger partial charge on any atom is -0.198 e. The average molecular weight is 319 g/mol. The Bertz CT molecular complexity index is 484. The van der Waals surface area contributed by atoms with Crippen molar-refractivity contribution in [3.05, 3.63) is 34.3 Å². The minimum atomic E-state index is -3.31. The highest BCUT2D eigenvalue weighted by atomic mass is 79.9. The Morgan fingerprint density at radius 3 is 2.53 bits per heavy atom. The van der Waals surface area contributed by atoms with Crippen LogP contribution in [0.2, 0.25) is 0 Å². The molecule has 1 fully saturated rings. The minimum absolute atomic E-state index is 0.320. The lowest BCUT2D eigenvalue weighted by molar-refractivity contribution is 0.464. The maximum atomic E-state index is 11.9. The van der Waals surface area contributed by atoms with Gasteiger partial charge in [0.05, 0.1) is 0 Å². The maximum Gasteiger partial charge on any atom is 0.279 e. The van der Waals surface area contributed by atoms with Gasteiger partial charge in [0.1, 0.15) is 0 Å². The molecule has 4 nitrogen and oxygen atoms in total. The second-order valence-corrected chi connectivity index (χ2v) is 6.63. The van der Waals surface area contributed by atoms with Crippen LogP contribution >= 0.6 is 15.9 Å². The highest BCUT2D eigenvalue weighted by Gasteiger charge is 2.24. The van der Waals surface area contributed by atoms with Crippen molar-refractivity contribution in [1.29, 1.82) is 0 Å². The molecule has 1 N–H and O–H groups in total. The van der Waals surface area contributed by atoms with Crippen LogP contribution in [0.4, 0.5) is 0 Å². The third-order valence-electron chi connectivity index (χ3n) is 2.81. The van der Waals surface area contributed by atoms with Crippen LogP contribution in [0.5, 0.6) is 0 Å². The van der Waals surface area contributed by atoms with Gasteiger partial charge in [-0.1, -0.05) is 34.1 Å². The van der Waals surface area contributed by atoms with E-state index in [0.717, 1.165) is 22.9 Å². The molecule has 1 aromatic carbocycles. The van der Waals surface area contributed by atoms with E-state index < -0.39 is 10.2 Å². The summed E-state index contributed by atoms with van der Waals surface area (Å²) in [5.74, 6) is 0.